The molecule has 18 heavy (non-hydrogen) atoms. The second-order valence-corrected chi connectivity index (χ2v) is 3.86. The summed E-state index contributed by atoms with van der Waals surface area (Å²) in [6.45, 7) is 4.39. The van der Waals surface area contributed by atoms with Crippen LogP contribution in [-0.2, 0) is 14.3 Å². The van der Waals surface area contributed by atoms with Gasteiger partial charge in [0, 0.05) is 25.4 Å². The molecular weight excluding hydrogens is 234 g/mol. The minimum absolute atomic E-state index is 0.109. The van der Waals surface area contributed by atoms with E-state index in [1.54, 1.807) is 37.0 Å². The second-order valence-electron chi connectivity index (χ2n) is 3.86. The van der Waals surface area contributed by atoms with Crippen molar-refractivity contribution in [1.82, 2.24) is 15.1 Å². The molecule has 0 aromatic carbocycles. The van der Waals surface area contributed by atoms with Crippen LogP contribution < -0.4 is 5.32 Å². The van der Waals surface area contributed by atoms with Crippen molar-refractivity contribution in [2.75, 3.05) is 13.2 Å². The van der Waals surface area contributed by atoms with E-state index in [9.17, 15) is 9.59 Å². The number of nitrogens with zero attached hydrogens (tertiary/aromatic N) is 2. The Bertz CT molecular complexity index is 376. The predicted molar refractivity (Wildman–Crippen MR) is 65.8 cm³/mol. The summed E-state index contributed by atoms with van der Waals surface area (Å²) in [5, 5.41) is 6.76. The largest absolute Gasteiger partial charge is 0.466 e. The fourth-order valence-corrected chi connectivity index (χ4v) is 1.46. The van der Waals surface area contributed by atoms with Crippen molar-refractivity contribution in [2.24, 2.45) is 0 Å². The van der Waals surface area contributed by atoms with E-state index < -0.39 is 0 Å². The Morgan fingerprint density at radius 2 is 2.28 bits per heavy atom. The maximum Gasteiger partial charge on any atom is 0.305 e. The average molecular weight is 253 g/mol. The molecule has 0 bridgehead atoms. The number of nitrogens with one attached hydrogen (secondary N) is 1. The molecule has 100 valence electrons. The molecule has 0 aliphatic rings. The third-order valence-corrected chi connectivity index (χ3v) is 2.46. The zero-order chi connectivity index (χ0) is 13.4. The molecule has 1 amide bonds. The van der Waals surface area contributed by atoms with Crippen LogP contribution in [0.4, 0.5) is 0 Å². The van der Waals surface area contributed by atoms with Gasteiger partial charge >= 0.3 is 5.97 Å². The number of ether oxygens (including phenoxy) is 1. The Morgan fingerprint density at radius 1 is 1.50 bits per heavy atom. The number of rotatable bonds is 7. The van der Waals surface area contributed by atoms with Crippen LogP contribution in [0.15, 0.2) is 18.5 Å². The fraction of sp³-hybridized carbons (Fsp3) is 0.583. The minimum atomic E-state index is -0.345. The van der Waals surface area contributed by atoms with E-state index in [-0.39, 0.29) is 17.9 Å². The molecule has 6 heteroatoms. The molecule has 1 atom stereocenters. The summed E-state index contributed by atoms with van der Waals surface area (Å²) in [6.07, 6.45) is 4.27. The molecule has 0 fully saturated rings. The van der Waals surface area contributed by atoms with E-state index in [0.717, 1.165) is 0 Å². The molecule has 1 aromatic rings. The van der Waals surface area contributed by atoms with Crippen LogP contribution in [0.25, 0.3) is 0 Å². The van der Waals surface area contributed by atoms with Gasteiger partial charge in [-0.3, -0.25) is 14.3 Å². The maximum absolute atomic E-state index is 11.7. The molecule has 0 spiro atoms. The van der Waals surface area contributed by atoms with Crippen molar-refractivity contribution in [3.8, 4) is 0 Å². The molecular formula is C12H19N3O3. The summed E-state index contributed by atoms with van der Waals surface area (Å²) in [4.78, 5) is 22.8. The third kappa shape index (κ3) is 4.57. The molecule has 1 unspecified atom stereocenters. The lowest BCUT2D eigenvalue weighted by Gasteiger charge is -2.12. The van der Waals surface area contributed by atoms with Crippen LogP contribution in [0, 0.1) is 0 Å². The number of aromatic nitrogens is 2. The first-order valence-electron chi connectivity index (χ1n) is 6.07. The van der Waals surface area contributed by atoms with Crippen LogP contribution in [0.2, 0.25) is 0 Å². The summed E-state index contributed by atoms with van der Waals surface area (Å²) < 4.78 is 6.37. The van der Waals surface area contributed by atoms with Crippen LogP contribution in [-0.4, -0.2) is 34.8 Å². The highest BCUT2D eigenvalue weighted by atomic mass is 16.5. The highest BCUT2D eigenvalue weighted by Crippen LogP contribution is 2.02. The molecule has 1 N–H and O–H groups in total. The third-order valence-electron chi connectivity index (χ3n) is 2.46. The van der Waals surface area contributed by atoms with Gasteiger partial charge in [-0.25, -0.2) is 0 Å². The van der Waals surface area contributed by atoms with Gasteiger partial charge in [-0.15, -0.1) is 0 Å². The first-order valence-corrected chi connectivity index (χ1v) is 6.07. The van der Waals surface area contributed by atoms with Gasteiger partial charge in [0.25, 0.3) is 0 Å². The quantitative estimate of drug-likeness (QED) is 0.579. The van der Waals surface area contributed by atoms with E-state index in [0.29, 0.717) is 26.0 Å². The Morgan fingerprint density at radius 3 is 2.89 bits per heavy atom. The molecule has 1 aromatic heterocycles. The molecule has 0 saturated carbocycles. The summed E-state index contributed by atoms with van der Waals surface area (Å²) in [7, 11) is 0. The number of amides is 1. The van der Waals surface area contributed by atoms with E-state index in [1.165, 1.54) is 0 Å². The number of carbonyl (C=O) groups excluding carboxylic acids is 2. The van der Waals surface area contributed by atoms with Gasteiger partial charge in [0.15, 0.2) is 0 Å². The van der Waals surface area contributed by atoms with Gasteiger partial charge in [-0.05, 0) is 26.3 Å². The van der Waals surface area contributed by atoms with Gasteiger partial charge in [-0.1, -0.05) is 0 Å². The zero-order valence-electron chi connectivity index (χ0n) is 10.8. The molecule has 0 aliphatic heterocycles. The minimum Gasteiger partial charge on any atom is -0.466 e. The lowest BCUT2D eigenvalue weighted by Crippen LogP contribution is -2.32. The van der Waals surface area contributed by atoms with Crippen molar-refractivity contribution in [2.45, 2.75) is 32.7 Å². The number of esters is 1. The van der Waals surface area contributed by atoms with Gasteiger partial charge in [-0.2, -0.15) is 5.10 Å². The van der Waals surface area contributed by atoms with Crippen LogP contribution in [0.1, 0.15) is 32.7 Å². The first kappa shape index (κ1) is 14.2. The molecule has 6 nitrogen and oxygen atoms in total. The fourth-order valence-electron chi connectivity index (χ4n) is 1.46. The Balaban J connectivity index is 2.19. The predicted octanol–water partition coefficient (Wildman–Crippen LogP) is 0.904. The van der Waals surface area contributed by atoms with Crippen molar-refractivity contribution in [1.29, 1.82) is 0 Å². The van der Waals surface area contributed by atoms with E-state index in [4.69, 9.17) is 4.74 Å². The van der Waals surface area contributed by atoms with E-state index in [2.05, 4.69) is 10.4 Å². The molecule has 0 aliphatic carbocycles. The molecule has 0 radical (unpaired) electrons. The number of carbonyl (C=O) groups is 2. The van der Waals surface area contributed by atoms with Crippen LogP contribution in [0.5, 0.6) is 0 Å². The van der Waals surface area contributed by atoms with E-state index in [1.807, 2.05) is 0 Å². The molecule has 1 rings (SSSR count). The van der Waals surface area contributed by atoms with Crippen molar-refractivity contribution < 1.29 is 14.3 Å². The van der Waals surface area contributed by atoms with Gasteiger partial charge in [0.05, 0.1) is 6.61 Å². The zero-order valence-corrected chi connectivity index (χ0v) is 10.8. The summed E-state index contributed by atoms with van der Waals surface area (Å²) >= 11 is 0. The normalized spacial score (nSPS) is 11.9. The average Bonchev–Trinajstić information content (AvgIpc) is 2.87. The smallest absolute Gasteiger partial charge is 0.305 e. The summed E-state index contributed by atoms with van der Waals surface area (Å²) in [5.41, 5.74) is 0. The monoisotopic (exact) mass is 253 g/mol. The second kappa shape index (κ2) is 7.47. The summed E-state index contributed by atoms with van der Waals surface area (Å²) in [6, 6.07) is 1.42. The maximum atomic E-state index is 11.7. The highest BCUT2D eigenvalue weighted by Gasteiger charge is 2.14. The molecule has 0 saturated heterocycles. The van der Waals surface area contributed by atoms with Crippen molar-refractivity contribution >= 4 is 11.9 Å². The lowest BCUT2D eigenvalue weighted by atomic mass is 10.3. The first-order chi connectivity index (χ1) is 8.65. The highest BCUT2D eigenvalue weighted by molar-refractivity contribution is 5.79. The Kier molecular flexibility index (Phi) is 5.90. The van der Waals surface area contributed by atoms with Crippen molar-refractivity contribution in [3.63, 3.8) is 0 Å². The van der Waals surface area contributed by atoms with Gasteiger partial charge in [0.2, 0.25) is 5.91 Å². The SMILES string of the molecule is CCOC(=O)CCCNC(=O)C(C)n1cccn1. The Labute approximate surface area is 106 Å². The number of hydrogen-bond acceptors (Lipinski definition) is 4. The lowest BCUT2D eigenvalue weighted by molar-refractivity contribution is -0.143. The standard InChI is InChI=1S/C12H19N3O3/c1-3-18-11(16)6-4-7-13-12(17)10(2)15-9-5-8-14-15/h5,8-10H,3-4,6-7H2,1-2H3,(H,13,17). The molecule has 1 heterocycles. The van der Waals surface area contributed by atoms with E-state index >= 15 is 0 Å². The topological polar surface area (TPSA) is 73.2 Å². The Hall–Kier alpha value is -1.85. The van der Waals surface area contributed by atoms with Crippen LogP contribution >= 0.6 is 0 Å². The summed E-state index contributed by atoms with van der Waals surface area (Å²) in [5.74, 6) is -0.338. The number of hydrogen-bond donors (Lipinski definition) is 1. The van der Waals surface area contributed by atoms with Gasteiger partial charge < -0.3 is 10.1 Å². The van der Waals surface area contributed by atoms with Crippen LogP contribution in [0.3, 0.4) is 0 Å². The van der Waals surface area contributed by atoms with Crippen molar-refractivity contribution in [3.05, 3.63) is 18.5 Å². The van der Waals surface area contributed by atoms with Gasteiger partial charge in [0.1, 0.15) is 6.04 Å².